The molecule has 0 bridgehead atoms. The van der Waals surface area contributed by atoms with E-state index < -0.39 is 11.7 Å². The number of aromatic nitrogens is 3. The maximum absolute atomic E-state index is 12.4. The van der Waals surface area contributed by atoms with E-state index in [1.807, 2.05) is 6.92 Å². The number of carbonyl (C=O) groups is 1. The molecule has 2 heterocycles. The molecule has 2 aromatic heterocycles. The molecule has 1 amide bonds. The summed E-state index contributed by atoms with van der Waals surface area (Å²) in [6.07, 6.45) is 0.728. The highest BCUT2D eigenvalue weighted by Gasteiger charge is 2.20. The average Bonchev–Trinajstić information content (AvgIpc) is 3.18. The Hall–Kier alpha value is -2.35. The van der Waals surface area contributed by atoms with Gasteiger partial charge in [-0.05, 0) is 26.1 Å². The quantitative estimate of drug-likeness (QED) is 0.679. The summed E-state index contributed by atoms with van der Waals surface area (Å²) in [5.74, 6) is 1.15. The fraction of sp³-hybridized carbons (Fsp3) is 0.562. The third-order valence-electron chi connectivity index (χ3n) is 4.01. The fourth-order valence-corrected chi connectivity index (χ4v) is 2.52. The van der Waals surface area contributed by atoms with E-state index in [0.29, 0.717) is 5.82 Å². The van der Waals surface area contributed by atoms with Crippen molar-refractivity contribution in [2.45, 2.75) is 46.7 Å². The van der Waals surface area contributed by atoms with Crippen LogP contribution in [0, 0.1) is 0 Å². The van der Waals surface area contributed by atoms with Crippen molar-refractivity contribution in [3.8, 4) is 0 Å². The normalized spacial score (nSPS) is 12.5. The lowest BCUT2D eigenvalue weighted by Gasteiger charge is -2.17. The van der Waals surface area contributed by atoms with Gasteiger partial charge in [0.1, 0.15) is 5.76 Å². The number of hydrogen-bond donors (Lipinski definition) is 3. The average molecular weight is 335 g/mol. The Morgan fingerprint density at radius 3 is 2.62 bits per heavy atom. The van der Waals surface area contributed by atoms with Crippen molar-refractivity contribution in [1.82, 2.24) is 25.4 Å². The number of furan rings is 1. The SMILES string of the molecule is CCc1oc(C(=O)N[C@@H](C)c2n[nH]c(=O)[nH]2)cc1CN(CC)CC. The zero-order valence-electron chi connectivity index (χ0n) is 14.6. The summed E-state index contributed by atoms with van der Waals surface area (Å²) in [5.41, 5.74) is 0.631. The Morgan fingerprint density at radius 2 is 2.08 bits per heavy atom. The molecule has 0 spiro atoms. The molecule has 0 fully saturated rings. The van der Waals surface area contributed by atoms with Crippen molar-refractivity contribution in [1.29, 1.82) is 0 Å². The van der Waals surface area contributed by atoms with Gasteiger partial charge in [-0.1, -0.05) is 20.8 Å². The summed E-state index contributed by atoms with van der Waals surface area (Å²) in [5, 5.41) is 8.87. The molecule has 0 radical (unpaired) electrons. The zero-order valence-corrected chi connectivity index (χ0v) is 14.6. The van der Waals surface area contributed by atoms with Gasteiger partial charge in [0.05, 0.1) is 6.04 Å². The Kier molecular flexibility index (Phi) is 5.97. The van der Waals surface area contributed by atoms with Gasteiger partial charge in [0.2, 0.25) is 0 Å². The highest BCUT2D eigenvalue weighted by molar-refractivity contribution is 5.92. The topological polar surface area (TPSA) is 107 Å². The molecule has 0 unspecified atom stereocenters. The first-order valence-electron chi connectivity index (χ1n) is 8.27. The van der Waals surface area contributed by atoms with E-state index in [1.54, 1.807) is 13.0 Å². The number of nitrogens with zero attached hydrogens (tertiary/aromatic N) is 2. The van der Waals surface area contributed by atoms with Gasteiger partial charge in [-0.15, -0.1) is 0 Å². The van der Waals surface area contributed by atoms with Crippen LogP contribution in [0.25, 0.3) is 0 Å². The van der Waals surface area contributed by atoms with E-state index in [-0.39, 0.29) is 11.7 Å². The first-order chi connectivity index (χ1) is 11.5. The van der Waals surface area contributed by atoms with Crippen LogP contribution in [0.2, 0.25) is 0 Å². The summed E-state index contributed by atoms with van der Waals surface area (Å²) in [6, 6.07) is 1.37. The summed E-state index contributed by atoms with van der Waals surface area (Å²) in [4.78, 5) is 28.3. The molecule has 0 aliphatic rings. The van der Waals surface area contributed by atoms with Crippen LogP contribution in [0.4, 0.5) is 0 Å². The first kappa shape index (κ1) is 18.0. The molecule has 0 aliphatic carbocycles. The van der Waals surface area contributed by atoms with E-state index >= 15 is 0 Å². The summed E-state index contributed by atoms with van der Waals surface area (Å²) in [7, 11) is 0. The predicted octanol–water partition coefficient (Wildman–Crippen LogP) is 1.59. The van der Waals surface area contributed by atoms with Crippen LogP contribution in [-0.4, -0.2) is 39.1 Å². The van der Waals surface area contributed by atoms with Crippen LogP contribution >= 0.6 is 0 Å². The second kappa shape index (κ2) is 7.96. The molecule has 1 atom stereocenters. The number of carbonyl (C=O) groups excluding carboxylic acids is 1. The smallest absolute Gasteiger partial charge is 0.340 e. The van der Waals surface area contributed by atoms with Crippen molar-refractivity contribution >= 4 is 5.91 Å². The Morgan fingerprint density at radius 1 is 1.38 bits per heavy atom. The molecule has 0 aliphatic heterocycles. The molecule has 0 saturated carbocycles. The minimum atomic E-state index is -0.433. The fourth-order valence-electron chi connectivity index (χ4n) is 2.52. The van der Waals surface area contributed by atoms with Crippen LogP contribution in [0.5, 0.6) is 0 Å². The monoisotopic (exact) mass is 335 g/mol. The van der Waals surface area contributed by atoms with Crippen LogP contribution in [-0.2, 0) is 13.0 Å². The highest BCUT2D eigenvalue weighted by atomic mass is 16.4. The predicted molar refractivity (Wildman–Crippen MR) is 89.8 cm³/mol. The summed E-state index contributed by atoms with van der Waals surface area (Å²) in [6.45, 7) is 10.6. The lowest BCUT2D eigenvalue weighted by Crippen LogP contribution is -2.27. The molecule has 8 heteroatoms. The van der Waals surface area contributed by atoms with Crippen molar-refractivity contribution in [3.63, 3.8) is 0 Å². The molecule has 3 N–H and O–H groups in total. The van der Waals surface area contributed by atoms with Crippen LogP contribution < -0.4 is 11.0 Å². The number of nitrogens with one attached hydrogen (secondary N) is 3. The number of aromatic amines is 2. The van der Waals surface area contributed by atoms with E-state index in [9.17, 15) is 9.59 Å². The van der Waals surface area contributed by atoms with Crippen LogP contribution in [0.1, 0.15) is 61.4 Å². The van der Waals surface area contributed by atoms with Gasteiger partial charge in [-0.3, -0.25) is 14.7 Å². The van der Waals surface area contributed by atoms with E-state index in [2.05, 4.69) is 39.2 Å². The van der Waals surface area contributed by atoms with Gasteiger partial charge >= 0.3 is 5.69 Å². The number of rotatable bonds is 8. The van der Waals surface area contributed by atoms with Gasteiger partial charge in [0.25, 0.3) is 5.91 Å². The third kappa shape index (κ3) is 4.14. The van der Waals surface area contributed by atoms with Gasteiger partial charge in [-0.25, -0.2) is 9.89 Å². The maximum atomic E-state index is 12.4. The minimum absolute atomic E-state index is 0.277. The van der Waals surface area contributed by atoms with E-state index in [4.69, 9.17) is 4.42 Å². The second-order valence-corrected chi connectivity index (χ2v) is 5.63. The van der Waals surface area contributed by atoms with Gasteiger partial charge in [-0.2, -0.15) is 5.10 Å². The summed E-state index contributed by atoms with van der Waals surface area (Å²) >= 11 is 0. The van der Waals surface area contributed by atoms with Gasteiger partial charge in [0, 0.05) is 18.5 Å². The van der Waals surface area contributed by atoms with Crippen molar-refractivity contribution in [2.24, 2.45) is 0 Å². The molecule has 0 aromatic carbocycles. The van der Waals surface area contributed by atoms with E-state index in [0.717, 1.165) is 37.4 Å². The van der Waals surface area contributed by atoms with Crippen molar-refractivity contribution in [3.05, 3.63) is 39.5 Å². The Balaban J connectivity index is 2.11. The number of amides is 1. The molecule has 24 heavy (non-hydrogen) atoms. The standard InChI is InChI=1S/C16H25N5O3/c1-5-12-11(9-21(6-2)7-3)8-13(24-12)15(22)17-10(4)14-18-16(23)20-19-14/h8,10H,5-7,9H2,1-4H3,(H,17,22)(H2,18,19,20,23)/t10-/m0/s1. The molecule has 2 aromatic rings. The van der Waals surface area contributed by atoms with Gasteiger partial charge < -0.3 is 9.73 Å². The minimum Gasteiger partial charge on any atom is -0.456 e. The number of H-pyrrole nitrogens is 2. The Labute approximate surface area is 140 Å². The van der Waals surface area contributed by atoms with Crippen LogP contribution in [0.15, 0.2) is 15.3 Å². The zero-order chi connectivity index (χ0) is 17.7. The summed E-state index contributed by atoms with van der Waals surface area (Å²) < 4.78 is 5.72. The Bertz CT molecular complexity index is 726. The molecule has 132 valence electrons. The third-order valence-corrected chi connectivity index (χ3v) is 4.01. The van der Waals surface area contributed by atoms with Gasteiger partial charge in [0.15, 0.2) is 11.6 Å². The molecule has 8 nitrogen and oxygen atoms in total. The number of hydrogen-bond acceptors (Lipinski definition) is 5. The maximum Gasteiger partial charge on any atom is 0.340 e. The van der Waals surface area contributed by atoms with Crippen LogP contribution in [0.3, 0.4) is 0 Å². The lowest BCUT2D eigenvalue weighted by molar-refractivity contribution is 0.0908. The lowest BCUT2D eigenvalue weighted by atomic mass is 10.2. The molecule has 2 rings (SSSR count). The van der Waals surface area contributed by atoms with E-state index in [1.165, 1.54) is 0 Å². The molecular weight excluding hydrogens is 310 g/mol. The number of aryl methyl sites for hydroxylation is 1. The second-order valence-electron chi connectivity index (χ2n) is 5.63. The molecule has 0 saturated heterocycles. The first-order valence-corrected chi connectivity index (χ1v) is 8.27. The highest BCUT2D eigenvalue weighted by Crippen LogP contribution is 2.19. The van der Waals surface area contributed by atoms with Crippen molar-refractivity contribution in [2.75, 3.05) is 13.1 Å². The molecular formula is C16H25N5O3. The largest absolute Gasteiger partial charge is 0.456 e. The van der Waals surface area contributed by atoms with Crippen molar-refractivity contribution < 1.29 is 9.21 Å².